The van der Waals surface area contributed by atoms with Crippen molar-refractivity contribution >= 4 is 11.6 Å². The van der Waals surface area contributed by atoms with E-state index in [0.717, 1.165) is 0 Å². The molecule has 0 atom stereocenters. The maximum Gasteiger partial charge on any atom is 0.424 e. The highest BCUT2D eigenvalue weighted by Gasteiger charge is 2.35. The van der Waals surface area contributed by atoms with Gasteiger partial charge in [0.2, 0.25) is 11.4 Å². The summed E-state index contributed by atoms with van der Waals surface area (Å²) in [6, 6.07) is 0. The van der Waals surface area contributed by atoms with E-state index < -0.39 is 32.9 Å². The Labute approximate surface area is 94.9 Å². The zero-order valence-electron chi connectivity index (χ0n) is 8.11. The highest BCUT2D eigenvalue weighted by Crippen LogP contribution is 2.29. The summed E-state index contributed by atoms with van der Waals surface area (Å²) in [6.45, 7) is 0. The second kappa shape index (κ2) is 3.61. The van der Waals surface area contributed by atoms with Crippen molar-refractivity contribution in [1.82, 2.24) is 30.3 Å². The molecular formula is C4H2N8O6. The van der Waals surface area contributed by atoms with Crippen LogP contribution >= 0.6 is 0 Å². The molecule has 18 heavy (non-hydrogen) atoms. The van der Waals surface area contributed by atoms with Gasteiger partial charge in [0.25, 0.3) is 0 Å². The predicted octanol–water partition coefficient (Wildman–Crippen LogP) is -1.17. The number of nitro groups is 2. The van der Waals surface area contributed by atoms with Crippen molar-refractivity contribution in [1.29, 1.82) is 0 Å². The zero-order chi connectivity index (χ0) is 13.4. The Balaban J connectivity index is 2.68. The van der Waals surface area contributed by atoms with Crippen molar-refractivity contribution in [3.8, 4) is 11.4 Å². The summed E-state index contributed by atoms with van der Waals surface area (Å²) in [5.74, 6) is -1.94. The third-order valence-corrected chi connectivity index (χ3v) is 1.74. The molecule has 14 nitrogen and oxygen atoms in total. The molecule has 2 aromatic rings. The molecule has 94 valence electrons. The lowest BCUT2D eigenvalue weighted by Gasteiger charge is -1.90. The van der Waals surface area contributed by atoms with E-state index >= 15 is 0 Å². The SMILES string of the molecule is O=[N+]([O-])c1nn(O)nc1-c1nn(O)nc1[N+](=O)[O-]. The second-order valence-corrected chi connectivity index (χ2v) is 2.80. The molecule has 0 bridgehead atoms. The molecule has 0 fully saturated rings. The first-order valence-electron chi connectivity index (χ1n) is 4.02. The van der Waals surface area contributed by atoms with Crippen molar-refractivity contribution in [3.63, 3.8) is 0 Å². The molecular weight excluding hydrogens is 256 g/mol. The Morgan fingerprint density at radius 3 is 1.44 bits per heavy atom. The van der Waals surface area contributed by atoms with Crippen LogP contribution in [0.4, 0.5) is 11.6 Å². The number of hydrogen-bond donors (Lipinski definition) is 2. The normalized spacial score (nSPS) is 10.4. The molecule has 2 rings (SSSR count). The maximum atomic E-state index is 10.6. The average molecular weight is 258 g/mol. The van der Waals surface area contributed by atoms with Crippen LogP contribution in [-0.4, -0.2) is 50.6 Å². The third kappa shape index (κ3) is 1.62. The summed E-state index contributed by atoms with van der Waals surface area (Å²) in [7, 11) is 0. The predicted molar refractivity (Wildman–Crippen MR) is 46.7 cm³/mol. The minimum absolute atomic E-state index is 0.145. The van der Waals surface area contributed by atoms with Crippen molar-refractivity contribution in [2.45, 2.75) is 0 Å². The number of nitrogens with zero attached hydrogens (tertiary/aromatic N) is 8. The molecule has 0 aromatic carbocycles. The van der Waals surface area contributed by atoms with Gasteiger partial charge < -0.3 is 30.6 Å². The van der Waals surface area contributed by atoms with Crippen LogP contribution in [0.2, 0.25) is 0 Å². The van der Waals surface area contributed by atoms with Crippen LogP contribution in [-0.2, 0) is 0 Å². The van der Waals surface area contributed by atoms with Gasteiger partial charge in [0.1, 0.15) is 10.2 Å². The Hall–Kier alpha value is -3.32. The Bertz CT molecular complexity index is 586. The third-order valence-electron chi connectivity index (χ3n) is 1.74. The highest BCUT2D eigenvalue weighted by molar-refractivity contribution is 5.69. The van der Waals surface area contributed by atoms with Crippen molar-refractivity contribution in [3.05, 3.63) is 20.2 Å². The number of aromatic nitrogens is 6. The average Bonchev–Trinajstić information content (AvgIpc) is 2.81. The molecule has 0 unspecified atom stereocenters. The fourth-order valence-corrected chi connectivity index (χ4v) is 1.13. The van der Waals surface area contributed by atoms with Gasteiger partial charge in [0, 0.05) is 0 Å². The maximum absolute atomic E-state index is 10.6. The summed E-state index contributed by atoms with van der Waals surface area (Å²) in [5, 5.41) is 51.2. The van der Waals surface area contributed by atoms with E-state index in [2.05, 4.69) is 20.4 Å². The van der Waals surface area contributed by atoms with Crippen LogP contribution in [0, 0.1) is 20.2 Å². The molecule has 14 heteroatoms. The van der Waals surface area contributed by atoms with Gasteiger partial charge in [-0.1, -0.05) is 10.2 Å². The standard InChI is InChI=1S/C4H2N8O6/c13-9(14)3-1(5-11(17)7-3)2-4(10(15)16)8-12(18)6-2/h17-18H. The van der Waals surface area contributed by atoms with Crippen LogP contribution in [0.5, 0.6) is 0 Å². The lowest BCUT2D eigenvalue weighted by molar-refractivity contribution is -0.391. The van der Waals surface area contributed by atoms with Crippen LogP contribution in [0.25, 0.3) is 11.4 Å². The van der Waals surface area contributed by atoms with Gasteiger partial charge in [0.15, 0.2) is 0 Å². The van der Waals surface area contributed by atoms with E-state index in [1.165, 1.54) is 0 Å². The highest BCUT2D eigenvalue weighted by atomic mass is 16.6. The molecule has 0 saturated heterocycles. The minimum atomic E-state index is -1.03. The summed E-state index contributed by atoms with van der Waals surface area (Å²) in [5.41, 5.74) is -1.40. The van der Waals surface area contributed by atoms with Gasteiger partial charge >= 0.3 is 11.6 Å². The first-order valence-corrected chi connectivity index (χ1v) is 4.02. The van der Waals surface area contributed by atoms with E-state index in [1.54, 1.807) is 0 Å². The molecule has 0 aliphatic rings. The molecule has 2 N–H and O–H groups in total. The summed E-state index contributed by atoms with van der Waals surface area (Å²) >= 11 is 0. The summed E-state index contributed by atoms with van der Waals surface area (Å²) in [6.07, 6.45) is 0. The minimum Gasteiger partial charge on any atom is -0.380 e. The van der Waals surface area contributed by atoms with Crippen molar-refractivity contribution in [2.75, 3.05) is 0 Å². The molecule has 0 spiro atoms. The molecule has 0 aliphatic carbocycles. The van der Waals surface area contributed by atoms with Crippen LogP contribution < -0.4 is 0 Å². The van der Waals surface area contributed by atoms with Gasteiger partial charge in [-0.25, -0.2) is 0 Å². The second-order valence-electron chi connectivity index (χ2n) is 2.80. The molecule has 0 aliphatic heterocycles. The van der Waals surface area contributed by atoms with Crippen LogP contribution in [0.3, 0.4) is 0 Å². The molecule has 2 aromatic heterocycles. The van der Waals surface area contributed by atoms with Gasteiger partial charge in [-0.2, -0.15) is 0 Å². The number of rotatable bonds is 3. The van der Waals surface area contributed by atoms with Crippen LogP contribution in [0.1, 0.15) is 0 Å². The summed E-state index contributed by atoms with van der Waals surface area (Å²) < 4.78 is 0. The fraction of sp³-hybridized carbons (Fsp3) is 0. The Kier molecular flexibility index (Phi) is 2.24. The monoisotopic (exact) mass is 258 g/mol. The van der Waals surface area contributed by atoms with E-state index in [-0.39, 0.29) is 9.92 Å². The van der Waals surface area contributed by atoms with Gasteiger partial charge in [-0.3, -0.25) is 0 Å². The van der Waals surface area contributed by atoms with E-state index in [1.807, 2.05) is 0 Å². The van der Waals surface area contributed by atoms with E-state index in [9.17, 15) is 20.2 Å². The Morgan fingerprint density at radius 2 is 1.17 bits per heavy atom. The lowest BCUT2D eigenvalue weighted by atomic mass is 10.3. The smallest absolute Gasteiger partial charge is 0.380 e. The molecule has 0 saturated carbocycles. The zero-order valence-corrected chi connectivity index (χ0v) is 8.11. The first-order chi connectivity index (χ1) is 8.40. The number of hydrogen-bond acceptors (Lipinski definition) is 10. The topological polar surface area (TPSA) is 188 Å². The molecule has 0 amide bonds. The van der Waals surface area contributed by atoms with Crippen LogP contribution in [0.15, 0.2) is 0 Å². The van der Waals surface area contributed by atoms with Gasteiger partial charge in [0.05, 0.1) is 9.92 Å². The molecule has 2 heterocycles. The quantitative estimate of drug-likeness (QED) is 0.385. The first kappa shape index (κ1) is 11.2. The van der Waals surface area contributed by atoms with Gasteiger partial charge in [-0.15, -0.1) is 0 Å². The lowest BCUT2D eigenvalue weighted by Crippen LogP contribution is -1.95. The fourth-order valence-electron chi connectivity index (χ4n) is 1.13. The van der Waals surface area contributed by atoms with Crippen molar-refractivity contribution in [2.24, 2.45) is 0 Å². The Morgan fingerprint density at radius 1 is 0.833 bits per heavy atom. The van der Waals surface area contributed by atoms with Crippen molar-refractivity contribution < 1.29 is 20.3 Å². The van der Waals surface area contributed by atoms with Gasteiger partial charge in [-0.05, 0) is 9.85 Å². The molecule has 0 radical (unpaired) electrons. The summed E-state index contributed by atoms with van der Waals surface area (Å²) in [4.78, 5) is 18.8. The van der Waals surface area contributed by atoms with E-state index in [4.69, 9.17) is 10.4 Å². The largest absolute Gasteiger partial charge is 0.424 e. The van der Waals surface area contributed by atoms with E-state index in [0.29, 0.717) is 0 Å².